The van der Waals surface area contributed by atoms with E-state index in [2.05, 4.69) is 30.5 Å². The summed E-state index contributed by atoms with van der Waals surface area (Å²) in [6, 6.07) is 0. The van der Waals surface area contributed by atoms with Crippen molar-refractivity contribution in [3.8, 4) is 0 Å². The summed E-state index contributed by atoms with van der Waals surface area (Å²) in [6.07, 6.45) is 30.2. The zero-order valence-corrected chi connectivity index (χ0v) is 31.1. The number of phosphoric ester groups is 1. The predicted octanol–water partition coefficient (Wildman–Crippen LogP) is 9.05. The van der Waals surface area contributed by atoms with E-state index in [0.29, 0.717) is 12.8 Å². The molecule has 3 atom stereocenters. The minimum atomic E-state index is -4.62. The van der Waals surface area contributed by atoms with Crippen molar-refractivity contribution in [2.75, 3.05) is 26.4 Å². The van der Waals surface area contributed by atoms with Crippen molar-refractivity contribution < 1.29 is 47.8 Å². The first-order valence-electron chi connectivity index (χ1n) is 18.8. The summed E-state index contributed by atoms with van der Waals surface area (Å²) in [5, 5.41) is 18.2. The minimum Gasteiger partial charge on any atom is -0.462 e. The smallest absolute Gasteiger partial charge is 0.462 e. The van der Waals surface area contributed by atoms with Crippen LogP contribution in [0.1, 0.15) is 162 Å². The molecule has 0 fully saturated rings. The quantitative estimate of drug-likeness (QED) is 0.0252. The lowest BCUT2D eigenvalue weighted by Crippen LogP contribution is -2.29. The number of carbonyl (C=O) groups is 2. The molecule has 0 saturated heterocycles. The molecule has 0 heterocycles. The van der Waals surface area contributed by atoms with E-state index in [4.69, 9.17) is 19.1 Å². The Morgan fingerprint density at radius 3 is 1.69 bits per heavy atom. The Hall–Kier alpha value is -1.55. The number of carbonyl (C=O) groups excluding carboxylic acids is 2. The fraction of sp³-hybridized carbons (Fsp3) is 0.838. The number of unbranched alkanes of at least 4 members (excludes halogenated alkanes) is 17. The number of hydrogen-bond acceptors (Lipinski definition) is 9. The van der Waals surface area contributed by atoms with E-state index >= 15 is 0 Å². The van der Waals surface area contributed by atoms with Gasteiger partial charge in [0.05, 0.1) is 19.8 Å². The van der Waals surface area contributed by atoms with Crippen LogP contribution >= 0.6 is 7.82 Å². The monoisotopic (exact) mass is 704 g/mol. The van der Waals surface area contributed by atoms with Gasteiger partial charge < -0.3 is 24.6 Å². The molecular formula is C37H69O10P. The van der Waals surface area contributed by atoms with Crippen LogP contribution in [0.15, 0.2) is 24.3 Å². The Bertz CT molecular complexity index is 863. The highest BCUT2D eigenvalue weighted by molar-refractivity contribution is 7.47. The molecule has 0 rings (SSSR count). The van der Waals surface area contributed by atoms with E-state index in [-0.39, 0.29) is 19.4 Å². The lowest BCUT2D eigenvalue weighted by molar-refractivity contribution is -0.161. The van der Waals surface area contributed by atoms with Gasteiger partial charge in [-0.1, -0.05) is 141 Å². The number of esters is 2. The maximum atomic E-state index is 12.5. The van der Waals surface area contributed by atoms with Gasteiger partial charge in [-0.2, -0.15) is 0 Å². The SMILES string of the molecule is CCCCCCCC/C=C/C/C=C/CCC(=O)OC(COC(=O)CCCCCCCCCCCCCC)COP(=O)(O)OC[C@@H](O)CO. The molecule has 0 aromatic rings. The molecule has 2 unspecified atom stereocenters. The van der Waals surface area contributed by atoms with Gasteiger partial charge in [-0.15, -0.1) is 0 Å². The van der Waals surface area contributed by atoms with Gasteiger partial charge in [-0.05, 0) is 32.1 Å². The van der Waals surface area contributed by atoms with Crippen LogP contribution in [0.5, 0.6) is 0 Å². The van der Waals surface area contributed by atoms with Crippen LogP contribution in [0.4, 0.5) is 0 Å². The Labute approximate surface area is 291 Å². The average Bonchev–Trinajstić information content (AvgIpc) is 3.07. The summed E-state index contributed by atoms with van der Waals surface area (Å²) in [5.74, 6) is -1.00. The zero-order chi connectivity index (χ0) is 35.6. The molecule has 0 amide bonds. The number of allylic oxidation sites excluding steroid dienone is 4. The highest BCUT2D eigenvalue weighted by Gasteiger charge is 2.27. The van der Waals surface area contributed by atoms with E-state index in [9.17, 15) is 24.2 Å². The molecule has 48 heavy (non-hydrogen) atoms. The van der Waals surface area contributed by atoms with Crippen LogP contribution in [0.3, 0.4) is 0 Å². The number of phosphoric acid groups is 1. The molecule has 0 saturated carbocycles. The third-order valence-corrected chi connectivity index (χ3v) is 8.82. The molecular weight excluding hydrogens is 635 g/mol. The van der Waals surface area contributed by atoms with Gasteiger partial charge in [0.1, 0.15) is 12.7 Å². The Morgan fingerprint density at radius 1 is 0.625 bits per heavy atom. The summed E-state index contributed by atoms with van der Waals surface area (Å²) >= 11 is 0. The third kappa shape index (κ3) is 33.0. The summed E-state index contributed by atoms with van der Waals surface area (Å²) in [4.78, 5) is 34.7. The maximum absolute atomic E-state index is 12.5. The number of aliphatic hydroxyl groups is 2. The second kappa shape index (κ2) is 33.9. The maximum Gasteiger partial charge on any atom is 0.472 e. The molecule has 0 bridgehead atoms. The van der Waals surface area contributed by atoms with E-state index in [1.54, 1.807) is 0 Å². The fourth-order valence-electron chi connectivity index (χ4n) is 4.93. The van der Waals surface area contributed by atoms with Gasteiger partial charge >= 0.3 is 19.8 Å². The van der Waals surface area contributed by atoms with Crippen LogP contribution in [0, 0.1) is 0 Å². The van der Waals surface area contributed by atoms with Gasteiger partial charge in [0.25, 0.3) is 0 Å². The normalized spacial score (nSPS) is 14.4. The second-order valence-electron chi connectivity index (χ2n) is 12.6. The lowest BCUT2D eigenvalue weighted by atomic mass is 10.0. The molecule has 10 nitrogen and oxygen atoms in total. The molecule has 11 heteroatoms. The first-order valence-corrected chi connectivity index (χ1v) is 20.3. The van der Waals surface area contributed by atoms with Crippen LogP contribution in [-0.4, -0.2) is 65.7 Å². The molecule has 0 aliphatic heterocycles. The van der Waals surface area contributed by atoms with E-state index in [1.165, 1.54) is 89.9 Å². The van der Waals surface area contributed by atoms with Crippen molar-refractivity contribution in [2.45, 2.75) is 174 Å². The molecule has 0 aliphatic rings. The molecule has 0 aromatic carbocycles. The first kappa shape index (κ1) is 46.5. The number of rotatable bonds is 35. The second-order valence-corrected chi connectivity index (χ2v) is 14.1. The van der Waals surface area contributed by atoms with Crippen molar-refractivity contribution in [1.82, 2.24) is 0 Å². The Morgan fingerprint density at radius 2 is 1.12 bits per heavy atom. The zero-order valence-electron chi connectivity index (χ0n) is 30.2. The summed E-state index contributed by atoms with van der Waals surface area (Å²) in [7, 11) is -4.62. The van der Waals surface area contributed by atoms with Crippen LogP contribution in [-0.2, 0) is 32.7 Å². The molecule has 0 radical (unpaired) electrons. The molecule has 282 valence electrons. The summed E-state index contributed by atoms with van der Waals surface area (Å²) in [5.41, 5.74) is 0. The van der Waals surface area contributed by atoms with Crippen molar-refractivity contribution in [3.05, 3.63) is 24.3 Å². The van der Waals surface area contributed by atoms with Crippen molar-refractivity contribution in [3.63, 3.8) is 0 Å². The highest BCUT2D eigenvalue weighted by atomic mass is 31.2. The highest BCUT2D eigenvalue weighted by Crippen LogP contribution is 2.43. The third-order valence-electron chi connectivity index (χ3n) is 7.87. The van der Waals surface area contributed by atoms with E-state index in [1.807, 2.05) is 12.2 Å². The lowest BCUT2D eigenvalue weighted by Gasteiger charge is -2.20. The molecule has 0 aliphatic carbocycles. The van der Waals surface area contributed by atoms with Gasteiger partial charge in [0.15, 0.2) is 6.10 Å². The predicted molar refractivity (Wildman–Crippen MR) is 191 cm³/mol. The molecule has 0 aromatic heterocycles. The topological polar surface area (TPSA) is 149 Å². The number of ether oxygens (including phenoxy) is 2. The van der Waals surface area contributed by atoms with Gasteiger partial charge in [0.2, 0.25) is 0 Å². The first-order chi connectivity index (χ1) is 23.2. The summed E-state index contributed by atoms with van der Waals surface area (Å²) in [6.45, 7) is 2.29. The molecule has 3 N–H and O–H groups in total. The van der Waals surface area contributed by atoms with Crippen LogP contribution in [0.25, 0.3) is 0 Å². The molecule has 0 spiro atoms. The van der Waals surface area contributed by atoms with Gasteiger partial charge in [-0.25, -0.2) is 4.57 Å². The average molecular weight is 705 g/mol. The minimum absolute atomic E-state index is 0.0806. The Kier molecular flexibility index (Phi) is 32.8. The fourth-order valence-corrected chi connectivity index (χ4v) is 5.72. The van der Waals surface area contributed by atoms with Gasteiger partial charge in [0, 0.05) is 12.8 Å². The Balaban J connectivity index is 4.46. The van der Waals surface area contributed by atoms with Crippen molar-refractivity contribution in [2.24, 2.45) is 0 Å². The number of aliphatic hydroxyl groups excluding tert-OH is 2. The van der Waals surface area contributed by atoms with Crippen LogP contribution in [0.2, 0.25) is 0 Å². The van der Waals surface area contributed by atoms with Crippen molar-refractivity contribution in [1.29, 1.82) is 0 Å². The number of hydrogen-bond donors (Lipinski definition) is 3. The van der Waals surface area contributed by atoms with E-state index in [0.717, 1.165) is 32.1 Å². The van der Waals surface area contributed by atoms with Gasteiger partial charge in [-0.3, -0.25) is 18.6 Å². The van der Waals surface area contributed by atoms with Crippen LogP contribution < -0.4 is 0 Å². The standard InChI is InChI=1S/C37H69O10P/c1-3-5-7-9-11-13-15-17-19-21-23-25-27-29-37(41)47-35(33-46-48(42,43)45-31-34(39)30-38)32-44-36(40)28-26-24-22-20-18-16-14-12-10-8-6-4-2/h17,19,23,25,34-35,38-39H,3-16,18,20-22,24,26-33H2,1-2H3,(H,42,43)/b19-17+,25-23+/t34-,35?/m0/s1. The largest absolute Gasteiger partial charge is 0.472 e. The van der Waals surface area contributed by atoms with E-state index < -0.39 is 51.8 Å². The van der Waals surface area contributed by atoms with Crippen molar-refractivity contribution >= 4 is 19.8 Å². The summed E-state index contributed by atoms with van der Waals surface area (Å²) < 4.78 is 32.5.